The molecule has 1 aromatic heterocycles. The average molecular weight is 303 g/mol. The number of carbonyl (C=O) groups is 1. The number of nitrogens with one attached hydrogen (secondary N) is 1. The van der Waals surface area contributed by atoms with Crippen molar-refractivity contribution in [2.45, 2.75) is 19.4 Å². The smallest absolute Gasteiger partial charge is 0.271 e. The molecule has 1 atom stereocenters. The van der Waals surface area contributed by atoms with Gasteiger partial charge in [-0.1, -0.05) is 6.92 Å². The highest BCUT2D eigenvalue weighted by Crippen LogP contribution is 2.13. The molecule has 0 aromatic carbocycles. The summed E-state index contributed by atoms with van der Waals surface area (Å²) >= 11 is 5.05. The van der Waals surface area contributed by atoms with Crippen molar-refractivity contribution in [1.82, 2.24) is 10.3 Å². The van der Waals surface area contributed by atoms with E-state index < -0.39 is 0 Å². The van der Waals surface area contributed by atoms with Crippen molar-refractivity contribution >= 4 is 33.6 Å². The van der Waals surface area contributed by atoms with Gasteiger partial charge in [0.25, 0.3) is 5.91 Å². The zero-order valence-corrected chi connectivity index (χ0v) is 11.8. The van der Waals surface area contributed by atoms with Gasteiger partial charge in [0, 0.05) is 22.5 Å². The summed E-state index contributed by atoms with van der Waals surface area (Å²) in [5, 5.41) is 2.97. The molecule has 0 saturated carbocycles. The molecule has 0 aliphatic carbocycles. The van der Waals surface area contributed by atoms with E-state index in [0.29, 0.717) is 5.69 Å². The van der Waals surface area contributed by atoms with E-state index in [9.17, 15) is 4.79 Å². The van der Waals surface area contributed by atoms with Crippen molar-refractivity contribution in [2.24, 2.45) is 0 Å². The van der Waals surface area contributed by atoms with Crippen LogP contribution >= 0.6 is 27.7 Å². The monoisotopic (exact) mass is 302 g/mol. The van der Waals surface area contributed by atoms with Gasteiger partial charge in [0.05, 0.1) is 0 Å². The first-order valence-corrected chi connectivity index (χ1v) is 7.28. The first-order chi connectivity index (χ1) is 7.69. The van der Waals surface area contributed by atoms with E-state index in [1.807, 2.05) is 12.3 Å². The van der Waals surface area contributed by atoms with Crippen LogP contribution in [-0.4, -0.2) is 28.9 Å². The lowest BCUT2D eigenvalue weighted by Crippen LogP contribution is -2.36. The van der Waals surface area contributed by atoms with Gasteiger partial charge in [-0.15, -0.1) is 0 Å². The number of hydrogen-bond donors (Lipinski definition) is 1. The third kappa shape index (κ3) is 3.79. The summed E-state index contributed by atoms with van der Waals surface area (Å²) in [6, 6.07) is 3.81. The second-order valence-corrected chi connectivity index (χ2v) is 5.13. The number of rotatable bonds is 5. The van der Waals surface area contributed by atoms with Crippen LogP contribution in [0.25, 0.3) is 0 Å². The van der Waals surface area contributed by atoms with Gasteiger partial charge in [-0.25, -0.2) is 4.98 Å². The van der Waals surface area contributed by atoms with E-state index in [1.54, 1.807) is 24.0 Å². The molecule has 0 spiro atoms. The van der Waals surface area contributed by atoms with Gasteiger partial charge >= 0.3 is 0 Å². The molecule has 3 nitrogen and oxygen atoms in total. The fraction of sp³-hybridized carbons (Fsp3) is 0.455. The van der Waals surface area contributed by atoms with Gasteiger partial charge in [-0.3, -0.25) is 4.79 Å². The van der Waals surface area contributed by atoms with Crippen LogP contribution in [-0.2, 0) is 0 Å². The molecule has 1 aromatic rings. The summed E-state index contributed by atoms with van der Waals surface area (Å²) in [5.74, 6) is 0.806. The Kier molecular flexibility index (Phi) is 5.84. The van der Waals surface area contributed by atoms with Crippen LogP contribution in [0.3, 0.4) is 0 Å². The Morgan fingerprint density at radius 1 is 1.69 bits per heavy atom. The van der Waals surface area contributed by atoms with Crippen LogP contribution in [0, 0.1) is 0 Å². The maximum absolute atomic E-state index is 11.9. The molecule has 0 bridgehead atoms. The molecule has 16 heavy (non-hydrogen) atoms. The van der Waals surface area contributed by atoms with Gasteiger partial charge in [-0.05, 0) is 40.7 Å². The van der Waals surface area contributed by atoms with E-state index >= 15 is 0 Å². The molecule has 5 heteroatoms. The molecular weight excluding hydrogens is 288 g/mol. The van der Waals surface area contributed by atoms with Gasteiger partial charge < -0.3 is 5.32 Å². The fourth-order valence-electron chi connectivity index (χ4n) is 1.27. The number of carbonyl (C=O) groups excluding carboxylic acids is 1. The van der Waals surface area contributed by atoms with E-state index in [1.165, 1.54) is 0 Å². The minimum absolute atomic E-state index is 0.117. The molecule has 0 aliphatic heterocycles. The quantitative estimate of drug-likeness (QED) is 0.909. The average Bonchev–Trinajstić information content (AvgIpc) is 2.28. The minimum atomic E-state index is -0.117. The highest BCUT2D eigenvalue weighted by molar-refractivity contribution is 9.10. The summed E-state index contributed by atoms with van der Waals surface area (Å²) in [6.45, 7) is 2.06. The van der Waals surface area contributed by atoms with Crippen LogP contribution in [0.15, 0.2) is 22.8 Å². The lowest BCUT2D eigenvalue weighted by atomic mass is 10.2. The summed E-state index contributed by atoms with van der Waals surface area (Å²) in [4.78, 5) is 16.0. The lowest BCUT2D eigenvalue weighted by molar-refractivity contribution is 0.0934. The lowest BCUT2D eigenvalue weighted by Gasteiger charge is -2.15. The van der Waals surface area contributed by atoms with Crippen molar-refractivity contribution in [1.29, 1.82) is 0 Å². The molecule has 1 unspecified atom stereocenters. The fourth-order valence-corrected chi connectivity index (χ4v) is 2.43. The Bertz CT molecular complexity index is 360. The van der Waals surface area contributed by atoms with Crippen LogP contribution in [0.1, 0.15) is 23.8 Å². The van der Waals surface area contributed by atoms with Gasteiger partial charge in [0.15, 0.2) is 0 Å². The molecular formula is C11H15BrN2OS. The standard InChI is InChI=1S/C11H15BrN2OS/c1-3-8(7-16-2)14-11(15)10-9(12)5-4-6-13-10/h4-6,8H,3,7H2,1-2H3,(H,14,15). The number of halogens is 1. The molecule has 0 saturated heterocycles. The largest absolute Gasteiger partial charge is 0.347 e. The molecule has 1 amide bonds. The number of aromatic nitrogens is 1. The molecule has 0 radical (unpaired) electrons. The molecule has 88 valence electrons. The zero-order chi connectivity index (χ0) is 12.0. The van der Waals surface area contributed by atoms with E-state index in [4.69, 9.17) is 0 Å². The van der Waals surface area contributed by atoms with Crippen LogP contribution in [0.5, 0.6) is 0 Å². The number of nitrogens with zero attached hydrogens (tertiary/aromatic N) is 1. The maximum Gasteiger partial charge on any atom is 0.271 e. The first kappa shape index (κ1) is 13.5. The third-order valence-electron chi connectivity index (χ3n) is 2.17. The van der Waals surface area contributed by atoms with Gasteiger partial charge in [0.2, 0.25) is 0 Å². The Balaban J connectivity index is 2.68. The topological polar surface area (TPSA) is 42.0 Å². The minimum Gasteiger partial charge on any atom is -0.347 e. The Morgan fingerprint density at radius 3 is 3.00 bits per heavy atom. The first-order valence-electron chi connectivity index (χ1n) is 5.09. The maximum atomic E-state index is 11.9. The Morgan fingerprint density at radius 2 is 2.44 bits per heavy atom. The number of hydrogen-bond acceptors (Lipinski definition) is 3. The Labute approximate surface area is 109 Å². The second-order valence-electron chi connectivity index (χ2n) is 3.37. The number of pyridine rings is 1. The summed E-state index contributed by atoms with van der Waals surface area (Å²) in [5.41, 5.74) is 0.446. The zero-order valence-electron chi connectivity index (χ0n) is 9.37. The van der Waals surface area contributed by atoms with Crippen molar-refractivity contribution in [3.63, 3.8) is 0 Å². The summed E-state index contributed by atoms with van der Waals surface area (Å²) < 4.78 is 0.728. The number of amides is 1. The van der Waals surface area contributed by atoms with Crippen molar-refractivity contribution in [2.75, 3.05) is 12.0 Å². The van der Waals surface area contributed by atoms with E-state index in [2.05, 4.69) is 33.2 Å². The highest BCUT2D eigenvalue weighted by Gasteiger charge is 2.14. The third-order valence-corrected chi connectivity index (χ3v) is 3.55. The van der Waals surface area contributed by atoms with E-state index in [-0.39, 0.29) is 11.9 Å². The van der Waals surface area contributed by atoms with Crippen molar-refractivity contribution < 1.29 is 4.79 Å². The molecule has 1 heterocycles. The predicted octanol–water partition coefficient (Wildman–Crippen LogP) is 2.72. The van der Waals surface area contributed by atoms with Crippen LogP contribution in [0.4, 0.5) is 0 Å². The van der Waals surface area contributed by atoms with Gasteiger partial charge in [-0.2, -0.15) is 11.8 Å². The SMILES string of the molecule is CCC(CSC)NC(=O)c1ncccc1Br. The number of thioether (sulfide) groups is 1. The Hall–Kier alpha value is -0.550. The normalized spacial score (nSPS) is 12.2. The van der Waals surface area contributed by atoms with Gasteiger partial charge in [0.1, 0.15) is 5.69 Å². The molecule has 1 rings (SSSR count). The molecule has 1 N–H and O–H groups in total. The molecule has 0 fully saturated rings. The van der Waals surface area contributed by atoms with Crippen LogP contribution in [0.2, 0.25) is 0 Å². The predicted molar refractivity (Wildman–Crippen MR) is 71.9 cm³/mol. The highest BCUT2D eigenvalue weighted by atomic mass is 79.9. The molecule has 0 aliphatic rings. The van der Waals surface area contributed by atoms with Crippen molar-refractivity contribution in [3.05, 3.63) is 28.5 Å². The van der Waals surface area contributed by atoms with Crippen molar-refractivity contribution in [3.8, 4) is 0 Å². The second kappa shape index (κ2) is 6.91. The summed E-state index contributed by atoms with van der Waals surface area (Å²) in [7, 11) is 0. The van der Waals surface area contributed by atoms with Crippen LogP contribution < -0.4 is 5.32 Å². The summed E-state index contributed by atoms with van der Waals surface area (Å²) in [6.07, 6.45) is 4.58. The van der Waals surface area contributed by atoms with E-state index in [0.717, 1.165) is 16.6 Å².